The molecule has 3 rings (SSSR count). The maximum atomic E-state index is 12.4. The number of rotatable bonds is 5. The van der Waals surface area contributed by atoms with Crippen LogP contribution in [0.1, 0.15) is 41.3 Å². The molecule has 0 spiro atoms. The average Bonchev–Trinajstić information content (AvgIpc) is 3.04. The molecule has 130 valence electrons. The Morgan fingerprint density at radius 3 is 2.60 bits per heavy atom. The third-order valence-electron chi connectivity index (χ3n) is 4.45. The lowest BCUT2D eigenvalue weighted by Gasteiger charge is -2.20. The molecule has 1 aliphatic rings. The summed E-state index contributed by atoms with van der Waals surface area (Å²) in [6.45, 7) is 3.74. The van der Waals surface area contributed by atoms with Crippen LogP contribution < -0.4 is 10.1 Å². The van der Waals surface area contributed by atoms with Gasteiger partial charge in [0, 0.05) is 22.7 Å². The van der Waals surface area contributed by atoms with Crippen molar-refractivity contribution in [2.75, 3.05) is 19.0 Å². The van der Waals surface area contributed by atoms with Crippen LogP contribution in [0.2, 0.25) is 0 Å². The summed E-state index contributed by atoms with van der Waals surface area (Å²) in [6.07, 6.45) is 0. The number of ether oxygens (including phenoxy) is 2. The summed E-state index contributed by atoms with van der Waals surface area (Å²) in [5, 5.41) is 3.09. The van der Waals surface area contributed by atoms with E-state index in [9.17, 15) is 9.59 Å². The normalized spacial score (nSPS) is 16.5. The maximum Gasteiger partial charge on any atom is 0.327 e. The number of carbonyl (C=O) groups is 2. The first kappa shape index (κ1) is 17.0. The lowest BCUT2D eigenvalue weighted by Crippen LogP contribution is -2.28. The highest BCUT2D eigenvalue weighted by atomic mass is 16.5. The predicted molar refractivity (Wildman–Crippen MR) is 95.3 cm³/mol. The van der Waals surface area contributed by atoms with Crippen molar-refractivity contribution < 1.29 is 19.1 Å². The van der Waals surface area contributed by atoms with Gasteiger partial charge in [-0.05, 0) is 31.5 Å². The van der Waals surface area contributed by atoms with E-state index in [2.05, 4.69) is 5.32 Å². The largest absolute Gasteiger partial charge is 0.492 e. The number of hydrogen-bond donors (Lipinski definition) is 1. The molecule has 5 nitrogen and oxygen atoms in total. The number of ketones is 1. The molecule has 1 N–H and O–H groups in total. The first-order valence-electron chi connectivity index (χ1n) is 8.23. The smallest absolute Gasteiger partial charge is 0.327 e. The minimum atomic E-state index is -0.550. The molecular weight excluding hydrogens is 318 g/mol. The number of carbonyl (C=O) groups excluding carboxylic acids is 2. The Bertz CT molecular complexity index is 815. The predicted octanol–water partition coefficient (Wildman–Crippen LogP) is 3.39. The number of anilines is 1. The van der Waals surface area contributed by atoms with Crippen molar-refractivity contribution in [3.63, 3.8) is 0 Å². The van der Waals surface area contributed by atoms with Crippen LogP contribution in [0.3, 0.4) is 0 Å². The van der Waals surface area contributed by atoms with Crippen molar-refractivity contribution in [1.29, 1.82) is 0 Å². The van der Waals surface area contributed by atoms with Gasteiger partial charge in [0.15, 0.2) is 5.78 Å². The van der Waals surface area contributed by atoms with Gasteiger partial charge in [0.2, 0.25) is 0 Å². The molecular formula is C20H21NO4. The monoisotopic (exact) mass is 339 g/mol. The molecule has 1 aliphatic heterocycles. The molecule has 0 aromatic heterocycles. The van der Waals surface area contributed by atoms with E-state index < -0.39 is 6.04 Å². The minimum Gasteiger partial charge on any atom is -0.492 e. The zero-order valence-electron chi connectivity index (χ0n) is 14.5. The number of benzene rings is 2. The van der Waals surface area contributed by atoms with Crippen molar-refractivity contribution >= 4 is 17.4 Å². The second-order valence-corrected chi connectivity index (χ2v) is 6.12. The third kappa shape index (κ3) is 3.22. The van der Waals surface area contributed by atoms with Crippen molar-refractivity contribution in [2.45, 2.75) is 25.8 Å². The topological polar surface area (TPSA) is 64.6 Å². The zero-order valence-corrected chi connectivity index (χ0v) is 14.5. The molecule has 5 heteroatoms. The molecule has 0 radical (unpaired) electrons. The van der Waals surface area contributed by atoms with Gasteiger partial charge < -0.3 is 14.8 Å². The number of nitrogens with one attached hydrogen (secondary N) is 1. The van der Waals surface area contributed by atoms with E-state index in [1.807, 2.05) is 36.4 Å². The molecule has 0 saturated heterocycles. The Hall–Kier alpha value is -2.82. The van der Waals surface area contributed by atoms with Crippen LogP contribution in [0.5, 0.6) is 5.75 Å². The molecule has 1 unspecified atom stereocenters. The number of para-hydroxylation sites is 1. The van der Waals surface area contributed by atoms with Crippen LogP contribution >= 0.6 is 0 Å². The van der Waals surface area contributed by atoms with Crippen LogP contribution in [-0.4, -0.2) is 31.5 Å². The van der Waals surface area contributed by atoms with Gasteiger partial charge in [-0.1, -0.05) is 30.3 Å². The first-order chi connectivity index (χ1) is 12.0. The summed E-state index contributed by atoms with van der Waals surface area (Å²) in [6, 6.07) is 12.9. The Balaban J connectivity index is 2.02. The van der Waals surface area contributed by atoms with E-state index in [-0.39, 0.29) is 17.7 Å². The van der Waals surface area contributed by atoms with E-state index >= 15 is 0 Å². The third-order valence-corrected chi connectivity index (χ3v) is 4.45. The SMILES string of the molecule is COC(=O)C(C)Nc1cccc([C@@H]2COc3ccccc32)c1C(C)=O. The van der Waals surface area contributed by atoms with Crippen molar-refractivity contribution in [1.82, 2.24) is 0 Å². The number of methoxy groups -OCH3 is 1. The molecule has 0 bridgehead atoms. The van der Waals surface area contributed by atoms with Gasteiger partial charge in [0.25, 0.3) is 0 Å². The van der Waals surface area contributed by atoms with Gasteiger partial charge in [0.05, 0.1) is 13.7 Å². The van der Waals surface area contributed by atoms with Crippen LogP contribution in [0.15, 0.2) is 42.5 Å². The highest BCUT2D eigenvalue weighted by Gasteiger charge is 2.29. The molecule has 0 amide bonds. The fraction of sp³-hybridized carbons (Fsp3) is 0.300. The summed E-state index contributed by atoms with van der Waals surface area (Å²) in [4.78, 5) is 24.1. The molecule has 2 aromatic rings. The lowest BCUT2D eigenvalue weighted by atomic mass is 9.87. The van der Waals surface area contributed by atoms with Crippen LogP contribution in [-0.2, 0) is 9.53 Å². The Kier molecular flexibility index (Phi) is 4.74. The minimum absolute atomic E-state index is 0.00900. The number of esters is 1. The van der Waals surface area contributed by atoms with Crippen LogP contribution in [0, 0.1) is 0 Å². The molecule has 2 atom stereocenters. The highest BCUT2D eigenvalue weighted by Crippen LogP contribution is 2.40. The average molecular weight is 339 g/mol. The summed E-state index contributed by atoms with van der Waals surface area (Å²) >= 11 is 0. The summed E-state index contributed by atoms with van der Waals surface area (Å²) < 4.78 is 10.5. The van der Waals surface area contributed by atoms with E-state index in [0.29, 0.717) is 17.9 Å². The Morgan fingerprint density at radius 2 is 1.88 bits per heavy atom. The summed E-state index contributed by atoms with van der Waals surface area (Å²) in [7, 11) is 1.34. The summed E-state index contributed by atoms with van der Waals surface area (Å²) in [5.41, 5.74) is 3.19. The Labute approximate surface area is 147 Å². The van der Waals surface area contributed by atoms with Crippen molar-refractivity contribution in [2.24, 2.45) is 0 Å². The van der Waals surface area contributed by atoms with E-state index in [0.717, 1.165) is 16.9 Å². The van der Waals surface area contributed by atoms with E-state index in [4.69, 9.17) is 9.47 Å². The quantitative estimate of drug-likeness (QED) is 0.668. The van der Waals surface area contributed by atoms with Crippen molar-refractivity contribution in [3.8, 4) is 5.75 Å². The fourth-order valence-corrected chi connectivity index (χ4v) is 3.26. The first-order valence-corrected chi connectivity index (χ1v) is 8.23. The highest BCUT2D eigenvalue weighted by molar-refractivity contribution is 6.02. The van der Waals surface area contributed by atoms with Gasteiger partial charge in [-0.3, -0.25) is 4.79 Å². The van der Waals surface area contributed by atoms with Gasteiger partial charge in [-0.2, -0.15) is 0 Å². The van der Waals surface area contributed by atoms with Gasteiger partial charge in [-0.25, -0.2) is 4.79 Å². The molecule has 1 heterocycles. The second-order valence-electron chi connectivity index (χ2n) is 6.12. The van der Waals surface area contributed by atoms with E-state index in [1.54, 1.807) is 13.0 Å². The van der Waals surface area contributed by atoms with Gasteiger partial charge in [-0.15, -0.1) is 0 Å². The standard InChI is InChI=1S/C20H21NO4/c1-12(20(23)24-3)21-17-9-6-8-15(19(17)13(2)22)16-11-25-18-10-5-4-7-14(16)18/h4-10,12,16,21H,11H2,1-3H3/t12?,16-/m1/s1. The number of fused-ring (bicyclic) bond motifs is 1. The zero-order chi connectivity index (χ0) is 18.0. The van der Waals surface area contributed by atoms with Gasteiger partial charge >= 0.3 is 5.97 Å². The number of hydrogen-bond acceptors (Lipinski definition) is 5. The number of Topliss-reactive ketones (excluding diaryl/α,β-unsaturated/α-hetero) is 1. The van der Waals surface area contributed by atoms with Crippen LogP contribution in [0.25, 0.3) is 0 Å². The second kappa shape index (κ2) is 6.97. The Morgan fingerprint density at radius 1 is 1.16 bits per heavy atom. The molecule has 0 aliphatic carbocycles. The van der Waals surface area contributed by atoms with Crippen molar-refractivity contribution in [3.05, 3.63) is 59.2 Å². The molecule has 25 heavy (non-hydrogen) atoms. The lowest BCUT2D eigenvalue weighted by molar-refractivity contribution is -0.141. The van der Waals surface area contributed by atoms with Gasteiger partial charge in [0.1, 0.15) is 11.8 Å². The fourth-order valence-electron chi connectivity index (χ4n) is 3.26. The summed E-state index contributed by atoms with van der Waals surface area (Å²) in [5.74, 6) is 0.405. The van der Waals surface area contributed by atoms with Crippen LogP contribution in [0.4, 0.5) is 5.69 Å². The molecule has 0 fully saturated rings. The van der Waals surface area contributed by atoms with E-state index in [1.165, 1.54) is 14.0 Å². The molecule has 2 aromatic carbocycles. The molecule has 0 saturated carbocycles. The maximum absolute atomic E-state index is 12.4.